The Morgan fingerprint density at radius 3 is 2.56 bits per heavy atom. The number of aromatic nitrogens is 2. The molecule has 2 N–H and O–H groups in total. The molecule has 0 aliphatic heterocycles. The smallest absolute Gasteiger partial charge is 0.151 e. The average molecular weight is 220 g/mol. The first-order valence-electron chi connectivity index (χ1n) is 6.02. The standard InChI is InChI=1S/C12H20N4/c1-9(2)11-5-6-12(15-14-11)16(8-7-13)10-3-4-10/h5-6,9-10H,3-4,7-8,13H2,1-2H3. The Morgan fingerprint density at radius 2 is 2.12 bits per heavy atom. The summed E-state index contributed by atoms with van der Waals surface area (Å²) in [7, 11) is 0. The van der Waals surface area contributed by atoms with E-state index < -0.39 is 0 Å². The summed E-state index contributed by atoms with van der Waals surface area (Å²) in [5.74, 6) is 1.41. The molecular formula is C12H20N4. The maximum absolute atomic E-state index is 5.62. The summed E-state index contributed by atoms with van der Waals surface area (Å²) in [5.41, 5.74) is 6.67. The molecule has 0 atom stereocenters. The number of hydrogen-bond acceptors (Lipinski definition) is 4. The molecule has 2 rings (SSSR count). The number of nitrogens with zero attached hydrogens (tertiary/aromatic N) is 3. The molecule has 1 saturated carbocycles. The SMILES string of the molecule is CC(C)c1ccc(N(CCN)C2CC2)nn1. The second-order valence-electron chi connectivity index (χ2n) is 4.68. The number of rotatable bonds is 5. The van der Waals surface area contributed by atoms with Crippen molar-refractivity contribution >= 4 is 5.82 Å². The molecule has 0 bridgehead atoms. The van der Waals surface area contributed by atoms with E-state index in [0.29, 0.717) is 18.5 Å². The van der Waals surface area contributed by atoms with E-state index in [2.05, 4.69) is 41.1 Å². The van der Waals surface area contributed by atoms with Gasteiger partial charge in [-0.3, -0.25) is 0 Å². The minimum Gasteiger partial charge on any atom is -0.351 e. The summed E-state index contributed by atoms with van der Waals surface area (Å²) in [5, 5.41) is 8.56. The lowest BCUT2D eigenvalue weighted by atomic mass is 10.1. The minimum atomic E-state index is 0.436. The second kappa shape index (κ2) is 4.78. The molecule has 1 aromatic rings. The van der Waals surface area contributed by atoms with Crippen molar-refractivity contribution in [2.45, 2.75) is 38.6 Å². The summed E-state index contributed by atoms with van der Waals surface area (Å²) in [4.78, 5) is 2.27. The van der Waals surface area contributed by atoms with Crippen molar-refractivity contribution < 1.29 is 0 Å². The fourth-order valence-corrected chi connectivity index (χ4v) is 1.81. The zero-order valence-electron chi connectivity index (χ0n) is 10.1. The van der Waals surface area contributed by atoms with E-state index in [-0.39, 0.29) is 0 Å². The third-order valence-corrected chi connectivity index (χ3v) is 2.91. The van der Waals surface area contributed by atoms with Gasteiger partial charge < -0.3 is 10.6 Å². The zero-order valence-corrected chi connectivity index (χ0v) is 10.1. The molecule has 0 amide bonds. The molecule has 0 spiro atoms. The van der Waals surface area contributed by atoms with Crippen molar-refractivity contribution in [2.75, 3.05) is 18.0 Å². The summed E-state index contributed by atoms with van der Waals surface area (Å²) in [6, 6.07) is 4.78. The van der Waals surface area contributed by atoms with Crippen LogP contribution in [0, 0.1) is 0 Å². The molecule has 1 aliphatic carbocycles. The molecule has 88 valence electrons. The molecule has 1 aromatic heterocycles. The Balaban J connectivity index is 2.11. The first-order chi connectivity index (χ1) is 7.72. The van der Waals surface area contributed by atoms with Crippen LogP contribution in [-0.4, -0.2) is 29.3 Å². The van der Waals surface area contributed by atoms with E-state index in [4.69, 9.17) is 5.73 Å². The lowest BCUT2D eigenvalue weighted by Gasteiger charge is -2.22. The Morgan fingerprint density at radius 1 is 1.38 bits per heavy atom. The highest BCUT2D eigenvalue weighted by Crippen LogP contribution is 2.30. The fourth-order valence-electron chi connectivity index (χ4n) is 1.81. The molecule has 0 aromatic carbocycles. The van der Waals surface area contributed by atoms with Crippen LogP contribution in [0.25, 0.3) is 0 Å². The van der Waals surface area contributed by atoms with Gasteiger partial charge in [0.25, 0.3) is 0 Å². The predicted octanol–water partition coefficient (Wildman–Crippen LogP) is 1.53. The monoisotopic (exact) mass is 220 g/mol. The fraction of sp³-hybridized carbons (Fsp3) is 0.667. The van der Waals surface area contributed by atoms with E-state index in [0.717, 1.165) is 18.1 Å². The van der Waals surface area contributed by atoms with Gasteiger partial charge in [-0.2, -0.15) is 5.10 Å². The van der Waals surface area contributed by atoms with Crippen LogP contribution in [0.2, 0.25) is 0 Å². The van der Waals surface area contributed by atoms with Gasteiger partial charge in [0.1, 0.15) is 0 Å². The van der Waals surface area contributed by atoms with Crippen LogP contribution >= 0.6 is 0 Å². The summed E-state index contributed by atoms with van der Waals surface area (Å²) < 4.78 is 0. The van der Waals surface area contributed by atoms with Crippen LogP contribution in [0.5, 0.6) is 0 Å². The molecule has 0 saturated heterocycles. The molecule has 16 heavy (non-hydrogen) atoms. The van der Waals surface area contributed by atoms with E-state index in [1.807, 2.05) is 0 Å². The third-order valence-electron chi connectivity index (χ3n) is 2.91. The van der Waals surface area contributed by atoms with Crippen molar-refractivity contribution in [1.29, 1.82) is 0 Å². The number of hydrogen-bond donors (Lipinski definition) is 1. The lowest BCUT2D eigenvalue weighted by molar-refractivity contribution is 0.736. The maximum atomic E-state index is 5.62. The van der Waals surface area contributed by atoms with Crippen LogP contribution in [0.3, 0.4) is 0 Å². The maximum Gasteiger partial charge on any atom is 0.151 e. The van der Waals surface area contributed by atoms with Gasteiger partial charge in [0, 0.05) is 19.1 Å². The molecule has 4 nitrogen and oxygen atoms in total. The largest absolute Gasteiger partial charge is 0.351 e. The first-order valence-corrected chi connectivity index (χ1v) is 6.02. The average Bonchev–Trinajstić information content (AvgIpc) is 3.10. The summed E-state index contributed by atoms with van der Waals surface area (Å²) in [6.45, 7) is 5.80. The van der Waals surface area contributed by atoms with Crippen LogP contribution in [-0.2, 0) is 0 Å². The van der Waals surface area contributed by atoms with Crippen LogP contribution in [0.1, 0.15) is 38.3 Å². The molecular weight excluding hydrogens is 200 g/mol. The van der Waals surface area contributed by atoms with Gasteiger partial charge in [-0.05, 0) is 30.9 Å². The van der Waals surface area contributed by atoms with Gasteiger partial charge in [0.2, 0.25) is 0 Å². The predicted molar refractivity (Wildman–Crippen MR) is 65.5 cm³/mol. The van der Waals surface area contributed by atoms with E-state index in [1.165, 1.54) is 12.8 Å². The Bertz CT molecular complexity index is 329. The van der Waals surface area contributed by atoms with Crippen molar-refractivity contribution in [3.63, 3.8) is 0 Å². The van der Waals surface area contributed by atoms with Gasteiger partial charge in [0.05, 0.1) is 5.69 Å². The first kappa shape index (κ1) is 11.3. The zero-order chi connectivity index (χ0) is 11.5. The van der Waals surface area contributed by atoms with E-state index >= 15 is 0 Å². The highest BCUT2D eigenvalue weighted by atomic mass is 15.3. The molecule has 1 aliphatic rings. The number of anilines is 1. The van der Waals surface area contributed by atoms with Gasteiger partial charge in [-0.1, -0.05) is 13.8 Å². The third kappa shape index (κ3) is 2.50. The van der Waals surface area contributed by atoms with Crippen LogP contribution < -0.4 is 10.6 Å². The van der Waals surface area contributed by atoms with Crippen LogP contribution in [0.4, 0.5) is 5.82 Å². The quantitative estimate of drug-likeness (QED) is 0.817. The Labute approximate surface area is 96.9 Å². The van der Waals surface area contributed by atoms with E-state index in [1.54, 1.807) is 0 Å². The second-order valence-corrected chi connectivity index (χ2v) is 4.68. The van der Waals surface area contributed by atoms with Gasteiger partial charge in [-0.25, -0.2) is 0 Å². The molecule has 0 radical (unpaired) electrons. The Kier molecular flexibility index (Phi) is 3.39. The van der Waals surface area contributed by atoms with Crippen molar-refractivity contribution in [3.05, 3.63) is 17.8 Å². The molecule has 1 fully saturated rings. The van der Waals surface area contributed by atoms with Crippen LogP contribution in [0.15, 0.2) is 12.1 Å². The van der Waals surface area contributed by atoms with E-state index in [9.17, 15) is 0 Å². The van der Waals surface area contributed by atoms with Gasteiger partial charge in [-0.15, -0.1) is 5.10 Å². The Hall–Kier alpha value is -1.16. The molecule has 0 unspecified atom stereocenters. The highest BCUT2D eigenvalue weighted by molar-refractivity contribution is 5.40. The van der Waals surface area contributed by atoms with Gasteiger partial charge >= 0.3 is 0 Å². The van der Waals surface area contributed by atoms with Crippen molar-refractivity contribution in [3.8, 4) is 0 Å². The van der Waals surface area contributed by atoms with Gasteiger partial charge in [0.15, 0.2) is 5.82 Å². The van der Waals surface area contributed by atoms with Crippen molar-refractivity contribution in [2.24, 2.45) is 5.73 Å². The molecule has 1 heterocycles. The lowest BCUT2D eigenvalue weighted by Crippen LogP contribution is -2.32. The molecule has 4 heteroatoms. The topological polar surface area (TPSA) is 55.0 Å². The summed E-state index contributed by atoms with van der Waals surface area (Å²) in [6.07, 6.45) is 2.52. The van der Waals surface area contributed by atoms with Crippen molar-refractivity contribution in [1.82, 2.24) is 10.2 Å². The minimum absolute atomic E-state index is 0.436. The highest BCUT2D eigenvalue weighted by Gasteiger charge is 2.29. The summed E-state index contributed by atoms with van der Waals surface area (Å²) >= 11 is 0. The normalized spacial score (nSPS) is 15.5. The number of nitrogens with two attached hydrogens (primary N) is 1.